The van der Waals surface area contributed by atoms with Crippen LogP contribution in [0.3, 0.4) is 0 Å². The van der Waals surface area contributed by atoms with Crippen LogP contribution >= 0.6 is 0 Å². The summed E-state index contributed by atoms with van der Waals surface area (Å²) in [7, 11) is 0. The molecule has 2 aromatic carbocycles. The van der Waals surface area contributed by atoms with Gasteiger partial charge in [0.25, 0.3) is 5.91 Å². The van der Waals surface area contributed by atoms with Crippen molar-refractivity contribution in [2.24, 2.45) is 5.73 Å². The summed E-state index contributed by atoms with van der Waals surface area (Å²) in [5.41, 5.74) is 9.31. The first-order valence-corrected chi connectivity index (χ1v) is 6.95. The molecule has 0 radical (unpaired) electrons. The van der Waals surface area contributed by atoms with Crippen molar-refractivity contribution in [3.8, 4) is 17.1 Å². The van der Waals surface area contributed by atoms with E-state index in [0.29, 0.717) is 5.82 Å². The van der Waals surface area contributed by atoms with Crippen molar-refractivity contribution < 1.29 is 4.79 Å². The average molecular weight is 292 g/mol. The third kappa shape index (κ3) is 2.61. The molecule has 0 saturated heterocycles. The minimum Gasteiger partial charge on any atom is -0.363 e. The molecular weight excluding hydrogens is 276 g/mol. The number of hydrogen-bond donors (Lipinski definition) is 1. The molecule has 110 valence electrons. The molecule has 0 saturated carbocycles. The third-order valence-electron chi connectivity index (χ3n) is 3.38. The van der Waals surface area contributed by atoms with Crippen LogP contribution in [-0.4, -0.2) is 20.7 Å². The zero-order chi connectivity index (χ0) is 15.7. The molecule has 3 rings (SSSR count). The van der Waals surface area contributed by atoms with Crippen molar-refractivity contribution in [3.63, 3.8) is 0 Å². The van der Waals surface area contributed by atoms with E-state index in [2.05, 4.69) is 10.1 Å². The van der Waals surface area contributed by atoms with Gasteiger partial charge in [-0.1, -0.05) is 41.5 Å². The van der Waals surface area contributed by atoms with E-state index in [0.717, 1.165) is 22.4 Å². The van der Waals surface area contributed by atoms with Gasteiger partial charge in [-0.25, -0.2) is 9.67 Å². The molecule has 1 amide bonds. The smallest absolute Gasteiger partial charge is 0.288 e. The second kappa shape index (κ2) is 5.44. The van der Waals surface area contributed by atoms with E-state index >= 15 is 0 Å². The predicted octanol–water partition coefficient (Wildman–Crippen LogP) is 2.65. The van der Waals surface area contributed by atoms with Gasteiger partial charge in [0.05, 0.1) is 5.69 Å². The SMILES string of the molecule is Cc1ccc(-n2nc(C(N)=O)nc2-c2cccc(C)c2)cc1. The number of carbonyl (C=O) groups excluding carboxylic acids is 1. The van der Waals surface area contributed by atoms with E-state index in [1.165, 1.54) is 0 Å². The van der Waals surface area contributed by atoms with E-state index in [-0.39, 0.29) is 5.82 Å². The number of primary amides is 1. The summed E-state index contributed by atoms with van der Waals surface area (Å²) < 4.78 is 1.65. The molecule has 3 aromatic rings. The number of aromatic nitrogens is 3. The number of benzene rings is 2. The number of aryl methyl sites for hydroxylation is 2. The number of rotatable bonds is 3. The minimum atomic E-state index is -0.639. The van der Waals surface area contributed by atoms with Gasteiger partial charge in [-0.15, -0.1) is 5.10 Å². The fourth-order valence-corrected chi connectivity index (χ4v) is 2.25. The van der Waals surface area contributed by atoms with Gasteiger partial charge in [-0.3, -0.25) is 4.79 Å². The van der Waals surface area contributed by atoms with Gasteiger partial charge in [0.1, 0.15) is 0 Å². The lowest BCUT2D eigenvalue weighted by Crippen LogP contribution is -2.13. The molecule has 0 bridgehead atoms. The summed E-state index contributed by atoms with van der Waals surface area (Å²) in [6.45, 7) is 4.02. The molecule has 1 heterocycles. The van der Waals surface area contributed by atoms with Gasteiger partial charge in [0, 0.05) is 5.56 Å². The van der Waals surface area contributed by atoms with Crippen molar-refractivity contribution in [3.05, 3.63) is 65.5 Å². The molecule has 5 heteroatoms. The van der Waals surface area contributed by atoms with Crippen LogP contribution in [0.25, 0.3) is 17.1 Å². The summed E-state index contributed by atoms with van der Waals surface area (Å²) in [4.78, 5) is 15.7. The van der Waals surface area contributed by atoms with Gasteiger partial charge in [0.2, 0.25) is 5.82 Å². The summed E-state index contributed by atoms with van der Waals surface area (Å²) in [6.07, 6.45) is 0. The van der Waals surface area contributed by atoms with Crippen molar-refractivity contribution in [1.82, 2.24) is 14.8 Å². The first-order valence-electron chi connectivity index (χ1n) is 6.95. The Bertz CT molecular complexity index is 834. The zero-order valence-corrected chi connectivity index (χ0v) is 12.4. The Hall–Kier alpha value is -2.95. The van der Waals surface area contributed by atoms with Crippen LogP contribution in [0.4, 0.5) is 0 Å². The van der Waals surface area contributed by atoms with Gasteiger partial charge in [-0.2, -0.15) is 0 Å². The molecule has 0 spiro atoms. The van der Waals surface area contributed by atoms with Gasteiger partial charge in [0.15, 0.2) is 5.82 Å². The molecule has 0 fully saturated rings. The van der Waals surface area contributed by atoms with E-state index in [4.69, 9.17) is 5.73 Å². The van der Waals surface area contributed by atoms with Gasteiger partial charge < -0.3 is 5.73 Å². The van der Waals surface area contributed by atoms with E-state index in [1.807, 2.05) is 62.4 Å². The molecule has 0 aliphatic rings. The molecular formula is C17H16N4O. The van der Waals surface area contributed by atoms with Crippen LogP contribution in [-0.2, 0) is 0 Å². The van der Waals surface area contributed by atoms with Crippen molar-refractivity contribution in [2.75, 3.05) is 0 Å². The fourth-order valence-electron chi connectivity index (χ4n) is 2.25. The first-order chi connectivity index (χ1) is 10.5. The van der Waals surface area contributed by atoms with Crippen LogP contribution in [0.1, 0.15) is 21.7 Å². The van der Waals surface area contributed by atoms with E-state index in [9.17, 15) is 4.79 Å². The van der Waals surface area contributed by atoms with Gasteiger partial charge in [-0.05, 0) is 32.0 Å². The Kier molecular flexibility index (Phi) is 3.47. The normalized spacial score (nSPS) is 10.6. The van der Waals surface area contributed by atoms with Gasteiger partial charge >= 0.3 is 0 Å². The lowest BCUT2D eigenvalue weighted by molar-refractivity contribution is 0.0990. The van der Waals surface area contributed by atoms with Crippen molar-refractivity contribution >= 4 is 5.91 Å². The van der Waals surface area contributed by atoms with Crippen LogP contribution < -0.4 is 5.73 Å². The Morgan fingerprint density at radius 3 is 2.41 bits per heavy atom. The molecule has 5 nitrogen and oxygen atoms in total. The molecule has 22 heavy (non-hydrogen) atoms. The summed E-state index contributed by atoms with van der Waals surface area (Å²) in [5, 5.41) is 4.25. The van der Waals surface area contributed by atoms with Crippen LogP contribution in [0, 0.1) is 13.8 Å². The number of carbonyl (C=O) groups is 1. The van der Waals surface area contributed by atoms with Crippen LogP contribution in [0.5, 0.6) is 0 Å². The van der Waals surface area contributed by atoms with Crippen molar-refractivity contribution in [1.29, 1.82) is 0 Å². The second-order valence-corrected chi connectivity index (χ2v) is 5.24. The fraction of sp³-hybridized carbons (Fsp3) is 0.118. The average Bonchev–Trinajstić information content (AvgIpc) is 2.93. The Morgan fingerprint density at radius 2 is 1.77 bits per heavy atom. The molecule has 0 aliphatic heterocycles. The summed E-state index contributed by atoms with van der Waals surface area (Å²) in [5.74, 6) is -0.0294. The second-order valence-electron chi connectivity index (χ2n) is 5.24. The first kappa shape index (κ1) is 14.0. The lowest BCUT2D eigenvalue weighted by Gasteiger charge is -2.07. The van der Waals surface area contributed by atoms with E-state index in [1.54, 1.807) is 4.68 Å². The Labute approximate surface area is 128 Å². The molecule has 0 atom stereocenters. The molecule has 2 N–H and O–H groups in total. The molecule has 0 unspecified atom stereocenters. The highest BCUT2D eigenvalue weighted by molar-refractivity contribution is 5.89. The van der Waals surface area contributed by atoms with Crippen molar-refractivity contribution in [2.45, 2.75) is 13.8 Å². The molecule has 0 aliphatic carbocycles. The summed E-state index contributed by atoms with van der Waals surface area (Å²) in [6, 6.07) is 15.7. The zero-order valence-electron chi connectivity index (χ0n) is 12.4. The standard InChI is InChI=1S/C17H16N4O/c1-11-6-8-14(9-7-11)21-17(19-16(20-21)15(18)22)13-5-3-4-12(2)10-13/h3-10H,1-2H3,(H2,18,22). The quantitative estimate of drug-likeness (QED) is 0.806. The number of nitrogens with zero attached hydrogens (tertiary/aromatic N) is 3. The van der Waals surface area contributed by atoms with Crippen LogP contribution in [0.15, 0.2) is 48.5 Å². The lowest BCUT2D eigenvalue weighted by atomic mass is 10.1. The topological polar surface area (TPSA) is 73.8 Å². The Morgan fingerprint density at radius 1 is 1.05 bits per heavy atom. The largest absolute Gasteiger partial charge is 0.363 e. The molecule has 1 aromatic heterocycles. The highest BCUT2D eigenvalue weighted by Crippen LogP contribution is 2.22. The Balaban J connectivity index is 2.20. The monoisotopic (exact) mass is 292 g/mol. The van der Waals surface area contributed by atoms with E-state index < -0.39 is 5.91 Å². The number of nitrogens with two attached hydrogens (primary N) is 1. The highest BCUT2D eigenvalue weighted by atomic mass is 16.1. The highest BCUT2D eigenvalue weighted by Gasteiger charge is 2.16. The maximum absolute atomic E-state index is 11.4. The number of hydrogen-bond acceptors (Lipinski definition) is 3. The predicted molar refractivity (Wildman–Crippen MR) is 84.8 cm³/mol. The van der Waals surface area contributed by atoms with Crippen LogP contribution in [0.2, 0.25) is 0 Å². The maximum Gasteiger partial charge on any atom is 0.288 e. The minimum absolute atomic E-state index is 0.0112. The number of amides is 1. The maximum atomic E-state index is 11.4. The third-order valence-corrected chi connectivity index (χ3v) is 3.38. The summed E-state index contributed by atoms with van der Waals surface area (Å²) >= 11 is 0.